The molecule has 0 radical (unpaired) electrons. The first-order valence-corrected chi connectivity index (χ1v) is 12.2. The van der Waals surface area contributed by atoms with E-state index in [1.165, 1.54) is 6.92 Å². The Balaban J connectivity index is 1.87. The fourth-order valence-corrected chi connectivity index (χ4v) is 7.23. The van der Waals surface area contributed by atoms with E-state index in [0.29, 0.717) is 16.7 Å². The molecule has 0 spiro atoms. The van der Waals surface area contributed by atoms with Crippen LogP contribution in [0.3, 0.4) is 0 Å². The van der Waals surface area contributed by atoms with Crippen molar-refractivity contribution in [2.75, 3.05) is 13.2 Å². The lowest BCUT2D eigenvalue weighted by Crippen LogP contribution is -2.61. The van der Waals surface area contributed by atoms with Crippen LogP contribution in [0.1, 0.15) is 54.4 Å². The van der Waals surface area contributed by atoms with Crippen molar-refractivity contribution in [1.82, 2.24) is 0 Å². The monoisotopic (exact) mass is 488 g/mol. The van der Waals surface area contributed by atoms with Gasteiger partial charge in [0.1, 0.15) is 17.8 Å². The average Bonchev–Trinajstić information content (AvgIpc) is 3.25. The molecule has 0 aromatic heterocycles. The van der Waals surface area contributed by atoms with Crippen LogP contribution in [-0.2, 0) is 23.9 Å². The van der Waals surface area contributed by atoms with Gasteiger partial charge in [-0.05, 0) is 44.3 Å². The minimum Gasteiger partial charge on any atom is -0.465 e. The third-order valence-electron chi connectivity index (χ3n) is 9.26. The number of carbonyl (C=O) groups is 3. The van der Waals surface area contributed by atoms with Crippen molar-refractivity contribution in [2.45, 2.75) is 71.2 Å². The fourth-order valence-electron chi connectivity index (χ4n) is 7.23. The zero-order valence-electron chi connectivity index (χ0n) is 21.3. The van der Waals surface area contributed by atoms with E-state index in [4.69, 9.17) is 9.47 Å². The number of Topliss-reactive ketones (excluding diaryl/α,β-unsaturated/α-hetero) is 1. The Morgan fingerprint density at radius 3 is 2.46 bits per heavy atom. The van der Waals surface area contributed by atoms with Crippen LogP contribution < -0.4 is 0 Å². The number of carbonyl (C=O) groups excluding carboxylic acids is 3. The Hall–Kier alpha value is -2.29. The minimum absolute atomic E-state index is 0.0144. The molecule has 0 amide bonds. The van der Waals surface area contributed by atoms with Gasteiger partial charge in [-0.3, -0.25) is 9.59 Å². The van der Waals surface area contributed by atoms with E-state index < -0.39 is 63.6 Å². The van der Waals surface area contributed by atoms with Gasteiger partial charge in [0.05, 0.1) is 12.2 Å². The van der Waals surface area contributed by atoms with Crippen LogP contribution in [0.15, 0.2) is 34.9 Å². The quantitative estimate of drug-likeness (QED) is 0.304. The minimum atomic E-state index is -1.87. The maximum Gasteiger partial charge on any atom is 0.333 e. The Morgan fingerprint density at radius 1 is 1.23 bits per heavy atom. The molecule has 35 heavy (non-hydrogen) atoms. The Bertz CT molecular complexity index is 1070. The first-order valence-electron chi connectivity index (χ1n) is 12.2. The van der Waals surface area contributed by atoms with Gasteiger partial charge in [0.15, 0.2) is 5.78 Å². The first-order chi connectivity index (χ1) is 16.2. The number of hydrogen-bond donors (Lipinski definition) is 3. The third-order valence-corrected chi connectivity index (χ3v) is 9.26. The van der Waals surface area contributed by atoms with Crippen molar-refractivity contribution < 1.29 is 39.2 Å². The Kier molecular flexibility index (Phi) is 5.98. The summed E-state index contributed by atoms with van der Waals surface area (Å²) in [5.74, 6) is -3.92. The van der Waals surface area contributed by atoms with Gasteiger partial charge in [0.25, 0.3) is 0 Å². The highest BCUT2D eigenvalue weighted by Crippen LogP contribution is 2.76. The van der Waals surface area contributed by atoms with Crippen LogP contribution >= 0.6 is 0 Å². The van der Waals surface area contributed by atoms with E-state index in [2.05, 4.69) is 0 Å². The molecule has 4 rings (SSSR count). The summed E-state index contributed by atoms with van der Waals surface area (Å²) >= 11 is 0. The van der Waals surface area contributed by atoms with E-state index in [9.17, 15) is 29.7 Å². The van der Waals surface area contributed by atoms with Gasteiger partial charge in [-0.1, -0.05) is 32.1 Å². The second-order valence-electron chi connectivity index (χ2n) is 11.2. The normalized spacial score (nSPS) is 44.3. The van der Waals surface area contributed by atoms with Crippen LogP contribution in [0, 0.1) is 29.1 Å². The summed E-state index contributed by atoms with van der Waals surface area (Å²) < 4.78 is 11.6. The average molecular weight is 489 g/mol. The Labute approximate surface area is 205 Å². The predicted octanol–water partition coefficient (Wildman–Crippen LogP) is 2.02. The molecular formula is C27H36O8. The number of hydrogen-bond acceptors (Lipinski definition) is 8. The number of aliphatic hydroxyl groups is 3. The summed E-state index contributed by atoms with van der Waals surface area (Å²) in [6, 6.07) is 0. The van der Waals surface area contributed by atoms with E-state index in [0.717, 1.165) is 0 Å². The van der Waals surface area contributed by atoms with Crippen molar-refractivity contribution in [3.63, 3.8) is 0 Å². The third kappa shape index (κ3) is 3.33. The number of fused-ring (bicyclic) bond motifs is 5. The second kappa shape index (κ2) is 8.11. The van der Waals surface area contributed by atoms with Gasteiger partial charge in [-0.25, -0.2) is 4.79 Å². The molecule has 0 aliphatic heterocycles. The maximum absolute atomic E-state index is 13.0. The second-order valence-corrected chi connectivity index (χ2v) is 11.2. The maximum atomic E-state index is 13.0. The predicted molar refractivity (Wildman–Crippen MR) is 126 cm³/mol. The number of aliphatic hydroxyl groups excluding tert-OH is 1. The molecular weight excluding hydrogens is 452 g/mol. The molecule has 0 unspecified atom stereocenters. The standard InChI is InChI=1S/C27H36O8/c1-7-14(2)23(31)35-26-10-16(4)27(33)19(21(26)24(26,6)13-34-17(5)29)9-18(12-28)11-25(32)20(27)8-15(3)22(25)30/h7-9,16,19-21,28,32-33H,10-13H2,1-6H3/t16-,19+,20-,21-,24-,25-,26+,27-/m1/s1. The van der Waals surface area contributed by atoms with Crippen molar-refractivity contribution in [3.8, 4) is 0 Å². The number of ether oxygens (including phenoxy) is 2. The highest BCUT2D eigenvalue weighted by Gasteiger charge is 2.85. The van der Waals surface area contributed by atoms with E-state index in [1.54, 1.807) is 39.0 Å². The number of allylic oxidation sites excluding steroid dienone is 1. The Morgan fingerprint density at radius 2 is 1.89 bits per heavy atom. The smallest absolute Gasteiger partial charge is 0.333 e. The molecule has 192 valence electrons. The lowest BCUT2D eigenvalue weighted by atomic mass is 9.60. The van der Waals surface area contributed by atoms with Gasteiger partial charge < -0.3 is 24.8 Å². The molecule has 0 bridgehead atoms. The molecule has 2 saturated carbocycles. The molecule has 4 aliphatic rings. The molecule has 8 nitrogen and oxygen atoms in total. The summed E-state index contributed by atoms with van der Waals surface area (Å²) in [5, 5.41) is 34.1. The van der Waals surface area contributed by atoms with Crippen molar-refractivity contribution >= 4 is 17.7 Å². The van der Waals surface area contributed by atoms with Gasteiger partial charge in [-0.15, -0.1) is 0 Å². The van der Waals surface area contributed by atoms with Gasteiger partial charge in [0.2, 0.25) is 0 Å². The zero-order chi connectivity index (χ0) is 26.1. The highest BCUT2D eigenvalue weighted by molar-refractivity contribution is 6.04. The topological polar surface area (TPSA) is 130 Å². The van der Waals surface area contributed by atoms with Gasteiger partial charge in [0, 0.05) is 42.1 Å². The van der Waals surface area contributed by atoms with E-state index >= 15 is 0 Å². The van der Waals surface area contributed by atoms with Crippen LogP contribution in [0.2, 0.25) is 0 Å². The lowest BCUT2D eigenvalue weighted by Gasteiger charge is -2.50. The lowest BCUT2D eigenvalue weighted by molar-refractivity contribution is -0.185. The summed E-state index contributed by atoms with van der Waals surface area (Å²) in [4.78, 5) is 37.7. The summed E-state index contributed by atoms with van der Waals surface area (Å²) in [6.07, 6.45) is 5.23. The summed E-state index contributed by atoms with van der Waals surface area (Å²) in [5.41, 5.74) is -4.00. The van der Waals surface area contributed by atoms with E-state index in [-0.39, 0.29) is 26.1 Å². The van der Waals surface area contributed by atoms with Crippen LogP contribution in [0.4, 0.5) is 0 Å². The summed E-state index contributed by atoms with van der Waals surface area (Å²) in [7, 11) is 0. The molecule has 4 aliphatic carbocycles. The number of ketones is 1. The molecule has 0 saturated heterocycles. The van der Waals surface area contributed by atoms with Crippen molar-refractivity contribution in [2.24, 2.45) is 29.1 Å². The molecule has 0 aromatic carbocycles. The molecule has 8 heteroatoms. The molecule has 0 heterocycles. The molecule has 3 N–H and O–H groups in total. The fraction of sp³-hybridized carbons (Fsp3) is 0.667. The highest BCUT2D eigenvalue weighted by atomic mass is 16.6. The number of esters is 2. The van der Waals surface area contributed by atoms with Crippen LogP contribution in [0.25, 0.3) is 0 Å². The molecule has 0 aromatic rings. The SMILES string of the molecule is CC=C(C)C(=O)O[C@@]12C[C@@H](C)[C@@]3(O)[C@@H](C=C(CO)C[C@]4(O)C(=O)C(C)=C[C@@H]34)[C@@H]1[C@@]2(C)COC(C)=O. The first kappa shape index (κ1) is 25.8. The van der Waals surface area contributed by atoms with Crippen molar-refractivity contribution in [3.05, 3.63) is 34.9 Å². The molecule has 8 atom stereocenters. The molecule has 2 fully saturated rings. The summed E-state index contributed by atoms with van der Waals surface area (Å²) in [6.45, 7) is 9.64. The zero-order valence-corrected chi connectivity index (χ0v) is 21.3. The largest absolute Gasteiger partial charge is 0.465 e. The van der Waals surface area contributed by atoms with Crippen LogP contribution in [0.5, 0.6) is 0 Å². The van der Waals surface area contributed by atoms with Gasteiger partial charge in [-0.2, -0.15) is 0 Å². The van der Waals surface area contributed by atoms with E-state index in [1.807, 2.05) is 13.8 Å². The number of rotatable bonds is 5. The van der Waals surface area contributed by atoms with Gasteiger partial charge >= 0.3 is 11.9 Å². The van der Waals surface area contributed by atoms with Crippen molar-refractivity contribution in [1.29, 1.82) is 0 Å². The van der Waals surface area contributed by atoms with Crippen LogP contribution in [-0.4, -0.2) is 63.1 Å².